The summed E-state index contributed by atoms with van der Waals surface area (Å²) >= 11 is 0. The van der Waals surface area contributed by atoms with E-state index in [4.69, 9.17) is 0 Å². The smallest absolute Gasteiger partial charge is 0.0648 e. The molecule has 0 amide bonds. The van der Waals surface area contributed by atoms with Gasteiger partial charge < -0.3 is 4.90 Å². The Bertz CT molecular complexity index is 3520. The van der Waals surface area contributed by atoms with Crippen LogP contribution in [-0.4, -0.2) is 0 Å². The van der Waals surface area contributed by atoms with Gasteiger partial charge in [-0.15, -0.1) is 0 Å². The van der Waals surface area contributed by atoms with Gasteiger partial charge in [0, 0.05) is 17.1 Å². The van der Waals surface area contributed by atoms with E-state index in [1.807, 2.05) is 0 Å². The predicted octanol–water partition coefficient (Wildman–Crippen LogP) is 16.4. The molecule has 11 aromatic rings. The van der Waals surface area contributed by atoms with Gasteiger partial charge in [-0.25, -0.2) is 0 Å². The fourth-order valence-electron chi connectivity index (χ4n) is 12.5. The summed E-state index contributed by atoms with van der Waals surface area (Å²) in [6, 6.07) is 93.0. The van der Waals surface area contributed by atoms with Crippen LogP contribution in [0.4, 0.5) is 17.1 Å². The number of hydrogen-bond acceptors (Lipinski definition) is 1. The Morgan fingerprint density at radius 2 is 0.677 bits per heavy atom. The molecule has 3 aliphatic carbocycles. The third-order valence-electron chi connectivity index (χ3n) is 15.0. The second kappa shape index (κ2) is 13.6. The zero-order valence-corrected chi connectivity index (χ0v) is 35.6. The first-order chi connectivity index (χ1) is 32.2. The lowest BCUT2D eigenvalue weighted by Crippen LogP contribution is -2.48. The molecule has 0 fully saturated rings. The molecular formula is C64H41N. The van der Waals surface area contributed by atoms with Crippen molar-refractivity contribution in [3.8, 4) is 44.5 Å². The zero-order valence-electron chi connectivity index (χ0n) is 35.6. The van der Waals surface area contributed by atoms with E-state index in [0.717, 1.165) is 17.1 Å². The van der Waals surface area contributed by atoms with Crippen LogP contribution in [-0.2, 0) is 10.8 Å². The summed E-state index contributed by atoms with van der Waals surface area (Å²) < 4.78 is 0. The maximum absolute atomic E-state index is 2.49. The molecule has 1 nitrogen and oxygen atoms in total. The van der Waals surface area contributed by atoms with Crippen molar-refractivity contribution < 1.29 is 0 Å². The van der Waals surface area contributed by atoms with Crippen molar-refractivity contribution in [2.24, 2.45) is 0 Å². The molecule has 0 saturated carbocycles. The van der Waals surface area contributed by atoms with Crippen LogP contribution in [0, 0.1) is 0 Å². The van der Waals surface area contributed by atoms with Gasteiger partial charge in [0.25, 0.3) is 0 Å². The normalized spacial score (nSPS) is 17.0. The molecule has 0 aromatic heterocycles. The molecule has 0 saturated heterocycles. The molecule has 11 aromatic carbocycles. The van der Waals surface area contributed by atoms with Crippen LogP contribution >= 0.6 is 0 Å². The Balaban J connectivity index is 0.983. The van der Waals surface area contributed by atoms with Gasteiger partial charge in [-0.05, 0) is 136 Å². The Hall–Kier alpha value is -8.26. The molecule has 0 bridgehead atoms. The minimum atomic E-state index is -0.446. The van der Waals surface area contributed by atoms with E-state index in [-0.39, 0.29) is 0 Å². The standard InChI is InChI=1S/C64H41N/c1-3-15-42(16-4-1)44-31-35-48(36-32-44)65(49-37-33-45(34-38-49)43-17-5-2-6-18-43)50-22-11-21-47(41-50)51-39-40-60-62-54(51)25-14-30-59(62)63-55-26-9-7-23-52(55)53-24-8-10-27-56(53)64(60,63)58-29-13-20-46-19-12-28-57(63)61(46)58/h1-41H. The lowest BCUT2D eigenvalue weighted by atomic mass is 9.50. The summed E-state index contributed by atoms with van der Waals surface area (Å²) in [7, 11) is 0. The minimum absolute atomic E-state index is 0.446. The summed E-state index contributed by atoms with van der Waals surface area (Å²) in [5, 5.41) is 5.37. The third-order valence-corrected chi connectivity index (χ3v) is 15.0. The van der Waals surface area contributed by atoms with Gasteiger partial charge in [-0.2, -0.15) is 0 Å². The molecule has 0 aliphatic heterocycles. The maximum atomic E-state index is 2.49. The van der Waals surface area contributed by atoms with Crippen molar-refractivity contribution in [3.05, 3.63) is 282 Å². The van der Waals surface area contributed by atoms with Crippen molar-refractivity contribution in [2.75, 3.05) is 4.90 Å². The van der Waals surface area contributed by atoms with Gasteiger partial charge in [0.2, 0.25) is 0 Å². The topological polar surface area (TPSA) is 3.24 Å². The first-order valence-corrected chi connectivity index (χ1v) is 22.8. The molecule has 14 rings (SSSR count). The highest BCUT2D eigenvalue weighted by Gasteiger charge is 2.68. The van der Waals surface area contributed by atoms with Crippen LogP contribution in [0.1, 0.15) is 33.4 Å². The molecule has 1 heteroatoms. The van der Waals surface area contributed by atoms with E-state index in [1.54, 1.807) is 0 Å². The molecule has 2 atom stereocenters. The van der Waals surface area contributed by atoms with Crippen LogP contribution in [0.5, 0.6) is 0 Å². The average molecular weight is 824 g/mol. The van der Waals surface area contributed by atoms with Gasteiger partial charge in [0.1, 0.15) is 0 Å². The van der Waals surface area contributed by atoms with Crippen molar-refractivity contribution in [3.63, 3.8) is 0 Å². The summed E-state index contributed by atoms with van der Waals surface area (Å²) in [5.74, 6) is 0. The number of hydrogen-bond donors (Lipinski definition) is 0. The summed E-state index contributed by atoms with van der Waals surface area (Å²) in [6.45, 7) is 0. The molecule has 2 unspecified atom stereocenters. The van der Waals surface area contributed by atoms with Gasteiger partial charge in [0.05, 0.1) is 10.8 Å². The van der Waals surface area contributed by atoms with Crippen LogP contribution in [0.3, 0.4) is 0 Å². The van der Waals surface area contributed by atoms with E-state index < -0.39 is 10.8 Å². The van der Waals surface area contributed by atoms with Gasteiger partial charge in [-0.3, -0.25) is 0 Å². The average Bonchev–Trinajstić information content (AvgIpc) is 3.82. The third kappa shape index (κ3) is 4.77. The summed E-state index contributed by atoms with van der Waals surface area (Å²) in [5.41, 5.74) is 20.7. The van der Waals surface area contributed by atoms with E-state index in [2.05, 4.69) is 254 Å². The summed E-state index contributed by atoms with van der Waals surface area (Å²) in [4.78, 5) is 2.40. The number of fused-ring (bicyclic) bond motifs is 3. The fraction of sp³-hybridized carbons (Fsp3) is 0.0312. The highest BCUT2D eigenvalue weighted by molar-refractivity contribution is 6.12. The largest absolute Gasteiger partial charge is 0.310 e. The minimum Gasteiger partial charge on any atom is -0.310 e. The van der Waals surface area contributed by atoms with E-state index in [0.29, 0.717) is 0 Å². The van der Waals surface area contributed by atoms with Crippen LogP contribution in [0.15, 0.2) is 249 Å². The van der Waals surface area contributed by atoms with E-state index in [9.17, 15) is 0 Å². The summed E-state index contributed by atoms with van der Waals surface area (Å²) in [6.07, 6.45) is 0. The number of nitrogens with zero attached hydrogens (tertiary/aromatic N) is 1. The lowest BCUT2D eigenvalue weighted by molar-refractivity contribution is 0.461. The first kappa shape index (κ1) is 36.2. The van der Waals surface area contributed by atoms with Gasteiger partial charge >= 0.3 is 0 Å². The van der Waals surface area contributed by atoms with E-state index >= 15 is 0 Å². The molecule has 0 heterocycles. The molecule has 0 N–H and O–H groups in total. The predicted molar refractivity (Wildman–Crippen MR) is 271 cm³/mol. The molecule has 0 radical (unpaired) electrons. The quantitative estimate of drug-likeness (QED) is 0.161. The number of anilines is 3. The van der Waals surface area contributed by atoms with Gasteiger partial charge in [-0.1, -0.05) is 212 Å². The SMILES string of the molecule is c1ccc(-c2ccc(N(c3ccc(-c4ccccc4)cc3)c3cccc(-c4ccc5c6c(cccc46)C46c7ccccc7-c7ccccc7C54c4cccc5cccc6c45)c3)cc2)cc1. The zero-order chi connectivity index (χ0) is 42.7. The Kier molecular flexibility index (Phi) is 7.59. The van der Waals surface area contributed by atoms with Crippen molar-refractivity contribution in [1.82, 2.24) is 0 Å². The Morgan fingerprint density at radius 1 is 0.246 bits per heavy atom. The lowest BCUT2D eigenvalue weighted by Gasteiger charge is -2.50. The molecule has 65 heavy (non-hydrogen) atoms. The molecule has 302 valence electrons. The molecular weight excluding hydrogens is 783 g/mol. The second-order valence-electron chi connectivity index (χ2n) is 17.9. The maximum Gasteiger partial charge on any atom is 0.0648 e. The van der Waals surface area contributed by atoms with Crippen LogP contribution in [0.2, 0.25) is 0 Å². The highest BCUT2D eigenvalue weighted by atomic mass is 15.1. The van der Waals surface area contributed by atoms with Crippen molar-refractivity contribution in [2.45, 2.75) is 10.8 Å². The Morgan fingerprint density at radius 3 is 1.25 bits per heavy atom. The monoisotopic (exact) mass is 823 g/mol. The van der Waals surface area contributed by atoms with E-state index in [1.165, 1.54) is 99.4 Å². The van der Waals surface area contributed by atoms with Crippen LogP contribution in [0.25, 0.3) is 66.1 Å². The number of rotatable bonds is 6. The number of benzene rings is 11. The van der Waals surface area contributed by atoms with Crippen LogP contribution < -0.4 is 4.90 Å². The highest BCUT2D eigenvalue weighted by Crippen LogP contribution is 2.75. The van der Waals surface area contributed by atoms with Gasteiger partial charge in [0.15, 0.2) is 0 Å². The first-order valence-electron chi connectivity index (χ1n) is 22.8. The van der Waals surface area contributed by atoms with Crippen molar-refractivity contribution >= 4 is 38.6 Å². The molecule has 3 aliphatic rings. The molecule has 0 spiro atoms. The van der Waals surface area contributed by atoms with Crippen molar-refractivity contribution in [1.29, 1.82) is 0 Å². The second-order valence-corrected chi connectivity index (χ2v) is 17.9. The fourth-order valence-corrected chi connectivity index (χ4v) is 12.5. The Labute approximate surface area is 379 Å².